The standard InChI is InChI=1S/C15H22N2O4/c1-20-12-4-6-13(7-5-12)21-10-11(18)9-17-14-3-2-8-16-15(14)19/h4-7,11,14,17-18H,2-3,8-10H2,1H3,(H,16,19). The number of benzene rings is 1. The molecule has 2 atom stereocenters. The van der Waals surface area contributed by atoms with Crippen LogP contribution >= 0.6 is 0 Å². The van der Waals surface area contributed by atoms with Gasteiger partial charge in [-0.1, -0.05) is 0 Å². The summed E-state index contributed by atoms with van der Waals surface area (Å²) in [5.41, 5.74) is 0. The quantitative estimate of drug-likeness (QED) is 0.674. The van der Waals surface area contributed by atoms with Gasteiger partial charge < -0.3 is 25.2 Å². The molecule has 21 heavy (non-hydrogen) atoms. The number of carbonyl (C=O) groups is 1. The van der Waals surface area contributed by atoms with E-state index in [0.29, 0.717) is 12.3 Å². The van der Waals surface area contributed by atoms with Crippen LogP contribution in [0.4, 0.5) is 0 Å². The zero-order valence-corrected chi connectivity index (χ0v) is 12.2. The molecule has 6 heteroatoms. The first-order chi connectivity index (χ1) is 10.2. The SMILES string of the molecule is COc1ccc(OCC(O)CNC2CCCNC2=O)cc1. The molecule has 0 aromatic heterocycles. The average Bonchev–Trinajstić information content (AvgIpc) is 2.52. The molecule has 3 N–H and O–H groups in total. The molecule has 1 amide bonds. The van der Waals surface area contributed by atoms with Crippen molar-refractivity contribution in [2.45, 2.75) is 25.0 Å². The minimum atomic E-state index is -0.665. The minimum absolute atomic E-state index is 0.00419. The molecule has 0 spiro atoms. The molecular weight excluding hydrogens is 272 g/mol. The Morgan fingerprint density at radius 1 is 1.38 bits per heavy atom. The van der Waals surface area contributed by atoms with Gasteiger partial charge in [0.1, 0.15) is 24.2 Å². The van der Waals surface area contributed by atoms with Crippen molar-refractivity contribution in [2.24, 2.45) is 0 Å². The Morgan fingerprint density at radius 3 is 2.76 bits per heavy atom. The van der Waals surface area contributed by atoms with Crippen molar-refractivity contribution < 1.29 is 19.4 Å². The molecule has 1 aliphatic rings. The summed E-state index contributed by atoms with van der Waals surface area (Å²) in [5, 5.41) is 15.7. The number of amides is 1. The lowest BCUT2D eigenvalue weighted by atomic mass is 10.1. The second kappa shape index (κ2) is 7.85. The third kappa shape index (κ3) is 4.91. The summed E-state index contributed by atoms with van der Waals surface area (Å²) in [4.78, 5) is 11.5. The summed E-state index contributed by atoms with van der Waals surface area (Å²) in [7, 11) is 1.60. The maximum Gasteiger partial charge on any atom is 0.237 e. The molecule has 1 aromatic rings. The monoisotopic (exact) mass is 294 g/mol. The molecule has 1 heterocycles. The maximum atomic E-state index is 11.5. The van der Waals surface area contributed by atoms with Gasteiger partial charge in [-0.3, -0.25) is 4.79 Å². The zero-order valence-electron chi connectivity index (χ0n) is 12.2. The van der Waals surface area contributed by atoms with E-state index < -0.39 is 6.10 Å². The topological polar surface area (TPSA) is 79.8 Å². The Kier molecular flexibility index (Phi) is 5.83. The Morgan fingerprint density at radius 2 is 2.10 bits per heavy atom. The third-order valence-electron chi connectivity index (χ3n) is 3.39. The lowest BCUT2D eigenvalue weighted by Crippen LogP contribution is -2.50. The van der Waals surface area contributed by atoms with Crippen molar-refractivity contribution in [3.63, 3.8) is 0 Å². The third-order valence-corrected chi connectivity index (χ3v) is 3.39. The average molecular weight is 294 g/mol. The number of hydrogen-bond acceptors (Lipinski definition) is 5. The lowest BCUT2D eigenvalue weighted by Gasteiger charge is -2.24. The maximum absolute atomic E-state index is 11.5. The van der Waals surface area contributed by atoms with Crippen LogP contribution in [-0.2, 0) is 4.79 Å². The Bertz CT molecular complexity index is 449. The van der Waals surface area contributed by atoms with E-state index in [1.165, 1.54) is 0 Å². The lowest BCUT2D eigenvalue weighted by molar-refractivity contribution is -0.124. The largest absolute Gasteiger partial charge is 0.497 e. The number of carbonyl (C=O) groups excluding carboxylic acids is 1. The molecule has 116 valence electrons. The van der Waals surface area contributed by atoms with E-state index in [-0.39, 0.29) is 18.6 Å². The minimum Gasteiger partial charge on any atom is -0.497 e. The van der Waals surface area contributed by atoms with Crippen molar-refractivity contribution in [1.82, 2.24) is 10.6 Å². The Labute approximate surface area is 124 Å². The summed E-state index contributed by atoms with van der Waals surface area (Å²) in [6, 6.07) is 6.95. The highest BCUT2D eigenvalue weighted by Crippen LogP contribution is 2.17. The number of hydrogen-bond donors (Lipinski definition) is 3. The molecule has 0 saturated carbocycles. The van der Waals surface area contributed by atoms with Crippen molar-refractivity contribution >= 4 is 5.91 Å². The molecule has 0 radical (unpaired) electrons. The van der Waals surface area contributed by atoms with Crippen molar-refractivity contribution in [2.75, 3.05) is 26.8 Å². The van der Waals surface area contributed by atoms with E-state index in [1.807, 2.05) is 0 Å². The fourth-order valence-electron chi connectivity index (χ4n) is 2.17. The molecule has 0 aliphatic carbocycles. The van der Waals surface area contributed by atoms with E-state index >= 15 is 0 Å². The number of aliphatic hydroxyl groups excluding tert-OH is 1. The summed E-state index contributed by atoms with van der Waals surface area (Å²) < 4.78 is 10.5. The number of nitrogens with one attached hydrogen (secondary N) is 2. The van der Waals surface area contributed by atoms with Crippen LogP contribution in [-0.4, -0.2) is 50.0 Å². The highest BCUT2D eigenvalue weighted by atomic mass is 16.5. The van der Waals surface area contributed by atoms with Gasteiger partial charge in [-0.15, -0.1) is 0 Å². The van der Waals surface area contributed by atoms with Crippen LogP contribution in [0, 0.1) is 0 Å². The summed E-state index contributed by atoms with van der Waals surface area (Å²) >= 11 is 0. The van der Waals surface area contributed by atoms with Crippen LogP contribution < -0.4 is 20.1 Å². The normalized spacial score (nSPS) is 19.7. The number of piperidine rings is 1. The summed E-state index contributed by atoms with van der Waals surface area (Å²) in [5.74, 6) is 1.43. The molecular formula is C15H22N2O4. The number of rotatable bonds is 7. The zero-order chi connectivity index (χ0) is 15.1. The highest BCUT2D eigenvalue weighted by Gasteiger charge is 2.21. The van der Waals surface area contributed by atoms with Crippen molar-refractivity contribution in [3.05, 3.63) is 24.3 Å². The van der Waals surface area contributed by atoms with E-state index in [2.05, 4.69) is 10.6 Å². The van der Waals surface area contributed by atoms with Crippen LogP contribution in [0.25, 0.3) is 0 Å². The van der Waals surface area contributed by atoms with Gasteiger partial charge in [-0.05, 0) is 37.1 Å². The van der Waals surface area contributed by atoms with Crippen LogP contribution in [0.1, 0.15) is 12.8 Å². The molecule has 1 fully saturated rings. The fraction of sp³-hybridized carbons (Fsp3) is 0.533. The first kappa shape index (κ1) is 15.6. The summed E-state index contributed by atoms with van der Waals surface area (Å²) in [6.45, 7) is 1.24. The number of ether oxygens (including phenoxy) is 2. The molecule has 1 saturated heterocycles. The van der Waals surface area contributed by atoms with Crippen molar-refractivity contribution in [1.29, 1.82) is 0 Å². The second-order valence-corrected chi connectivity index (χ2v) is 5.03. The van der Waals surface area contributed by atoms with E-state index in [9.17, 15) is 9.90 Å². The fourth-order valence-corrected chi connectivity index (χ4v) is 2.17. The van der Waals surface area contributed by atoms with Crippen molar-refractivity contribution in [3.8, 4) is 11.5 Å². The first-order valence-electron chi connectivity index (χ1n) is 7.15. The first-order valence-corrected chi connectivity index (χ1v) is 7.15. The van der Waals surface area contributed by atoms with Crippen LogP contribution in [0.2, 0.25) is 0 Å². The highest BCUT2D eigenvalue weighted by molar-refractivity contribution is 5.82. The molecule has 1 aliphatic heterocycles. The molecule has 1 aromatic carbocycles. The van der Waals surface area contributed by atoms with Crippen LogP contribution in [0.3, 0.4) is 0 Å². The van der Waals surface area contributed by atoms with Gasteiger partial charge in [0.05, 0.1) is 13.2 Å². The molecule has 6 nitrogen and oxygen atoms in total. The van der Waals surface area contributed by atoms with Gasteiger partial charge in [0, 0.05) is 13.1 Å². The molecule has 0 bridgehead atoms. The van der Waals surface area contributed by atoms with E-state index in [0.717, 1.165) is 25.1 Å². The van der Waals surface area contributed by atoms with Gasteiger partial charge in [0.2, 0.25) is 5.91 Å². The number of aliphatic hydroxyl groups is 1. The predicted octanol–water partition coefficient (Wildman–Crippen LogP) is 0.303. The molecule has 2 rings (SSSR count). The van der Waals surface area contributed by atoms with Gasteiger partial charge in [-0.25, -0.2) is 0 Å². The molecule has 2 unspecified atom stereocenters. The Hall–Kier alpha value is -1.79. The van der Waals surface area contributed by atoms with Crippen LogP contribution in [0.5, 0.6) is 11.5 Å². The summed E-state index contributed by atoms with van der Waals surface area (Å²) in [6.07, 6.45) is 1.10. The van der Waals surface area contributed by atoms with Gasteiger partial charge >= 0.3 is 0 Å². The smallest absolute Gasteiger partial charge is 0.237 e. The van der Waals surface area contributed by atoms with E-state index in [4.69, 9.17) is 9.47 Å². The second-order valence-electron chi connectivity index (χ2n) is 5.03. The van der Waals surface area contributed by atoms with Gasteiger partial charge in [0.15, 0.2) is 0 Å². The Balaban J connectivity index is 1.69. The number of methoxy groups -OCH3 is 1. The predicted molar refractivity (Wildman–Crippen MR) is 78.5 cm³/mol. The van der Waals surface area contributed by atoms with E-state index in [1.54, 1.807) is 31.4 Å². The van der Waals surface area contributed by atoms with Crippen LogP contribution in [0.15, 0.2) is 24.3 Å². The van der Waals surface area contributed by atoms with Gasteiger partial charge in [-0.2, -0.15) is 0 Å². The van der Waals surface area contributed by atoms with Gasteiger partial charge in [0.25, 0.3) is 0 Å².